The maximum Gasteiger partial charge on any atom is 0.257 e. The molecule has 0 aliphatic heterocycles. The molecule has 1 unspecified atom stereocenters. The first-order valence-electron chi connectivity index (χ1n) is 6.97. The number of hydrogen-bond donors (Lipinski definition) is 2. The Morgan fingerprint density at radius 3 is 2.48 bits per heavy atom. The SMILES string of the molecule is CCC(C)c1ccc(NC(=O)c2ccc(Br)cc2N)cc1. The van der Waals surface area contributed by atoms with Crippen LogP contribution in [0.1, 0.15) is 42.1 Å². The van der Waals surface area contributed by atoms with Gasteiger partial charge in [-0.15, -0.1) is 0 Å². The van der Waals surface area contributed by atoms with Crippen molar-refractivity contribution >= 4 is 33.2 Å². The van der Waals surface area contributed by atoms with Crippen LogP contribution in [-0.4, -0.2) is 5.91 Å². The molecule has 2 aromatic rings. The summed E-state index contributed by atoms with van der Waals surface area (Å²) in [4.78, 5) is 12.2. The zero-order valence-corrected chi connectivity index (χ0v) is 13.8. The molecule has 0 aromatic heterocycles. The van der Waals surface area contributed by atoms with Gasteiger partial charge in [0.25, 0.3) is 5.91 Å². The van der Waals surface area contributed by atoms with Crippen molar-refractivity contribution in [3.8, 4) is 0 Å². The van der Waals surface area contributed by atoms with Crippen molar-refractivity contribution in [1.29, 1.82) is 0 Å². The van der Waals surface area contributed by atoms with E-state index in [0.717, 1.165) is 16.6 Å². The van der Waals surface area contributed by atoms with Crippen LogP contribution in [0, 0.1) is 0 Å². The molecular formula is C17H19BrN2O. The van der Waals surface area contributed by atoms with Gasteiger partial charge in [-0.05, 0) is 48.2 Å². The van der Waals surface area contributed by atoms with Crippen molar-refractivity contribution in [2.45, 2.75) is 26.2 Å². The van der Waals surface area contributed by atoms with E-state index in [9.17, 15) is 4.79 Å². The van der Waals surface area contributed by atoms with Crippen molar-refractivity contribution in [3.05, 3.63) is 58.1 Å². The van der Waals surface area contributed by atoms with Crippen LogP contribution < -0.4 is 11.1 Å². The molecule has 1 atom stereocenters. The van der Waals surface area contributed by atoms with Gasteiger partial charge in [0, 0.05) is 15.8 Å². The van der Waals surface area contributed by atoms with Crippen LogP contribution in [0.25, 0.3) is 0 Å². The van der Waals surface area contributed by atoms with Crippen LogP contribution >= 0.6 is 15.9 Å². The lowest BCUT2D eigenvalue weighted by Gasteiger charge is -2.11. The molecule has 3 nitrogen and oxygen atoms in total. The van der Waals surface area contributed by atoms with E-state index in [-0.39, 0.29) is 5.91 Å². The van der Waals surface area contributed by atoms with Gasteiger partial charge < -0.3 is 11.1 Å². The molecule has 0 bridgehead atoms. The van der Waals surface area contributed by atoms with Crippen molar-refractivity contribution in [3.63, 3.8) is 0 Å². The van der Waals surface area contributed by atoms with E-state index in [1.807, 2.05) is 12.1 Å². The lowest BCUT2D eigenvalue weighted by molar-refractivity contribution is 0.102. The zero-order valence-electron chi connectivity index (χ0n) is 12.2. The summed E-state index contributed by atoms with van der Waals surface area (Å²) in [7, 11) is 0. The second-order valence-electron chi connectivity index (χ2n) is 5.12. The molecule has 21 heavy (non-hydrogen) atoms. The highest BCUT2D eigenvalue weighted by atomic mass is 79.9. The summed E-state index contributed by atoms with van der Waals surface area (Å²) in [5.41, 5.74) is 8.85. The topological polar surface area (TPSA) is 55.1 Å². The fourth-order valence-corrected chi connectivity index (χ4v) is 2.45. The maximum absolute atomic E-state index is 12.2. The molecule has 1 amide bonds. The molecule has 0 saturated carbocycles. The van der Waals surface area contributed by atoms with E-state index >= 15 is 0 Å². The average molecular weight is 347 g/mol. The summed E-state index contributed by atoms with van der Waals surface area (Å²) in [6, 6.07) is 13.2. The van der Waals surface area contributed by atoms with Gasteiger partial charge in [-0.1, -0.05) is 41.9 Å². The molecule has 0 saturated heterocycles. The van der Waals surface area contributed by atoms with Gasteiger partial charge in [0.15, 0.2) is 0 Å². The monoisotopic (exact) mass is 346 g/mol. The summed E-state index contributed by atoms with van der Waals surface area (Å²) >= 11 is 3.33. The normalized spacial score (nSPS) is 12.0. The van der Waals surface area contributed by atoms with Crippen molar-refractivity contribution in [1.82, 2.24) is 0 Å². The Morgan fingerprint density at radius 1 is 1.24 bits per heavy atom. The summed E-state index contributed by atoms with van der Waals surface area (Å²) in [6.45, 7) is 4.35. The zero-order chi connectivity index (χ0) is 15.4. The quantitative estimate of drug-likeness (QED) is 0.781. The molecule has 0 radical (unpaired) electrons. The Hall–Kier alpha value is -1.81. The molecule has 0 aliphatic rings. The summed E-state index contributed by atoms with van der Waals surface area (Å²) in [5.74, 6) is 0.327. The minimum atomic E-state index is -0.198. The van der Waals surface area contributed by atoms with E-state index in [1.54, 1.807) is 18.2 Å². The molecule has 2 rings (SSSR count). The third kappa shape index (κ3) is 3.85. The fourth-order valence-electron chi connectivity index (χ4n) is 2.07. The van der Waals surface area contributed by atoms with E-state index in [2.05, 4.69) is 47.2 Å². The fraction of sp³-hybridized carbons (Fsp3) is 0.235. The van der Waals surface area contributed by atoms with E-state index in [1.165, 1.54) is 5.56 Å². The molecule has 4 heteroatoms. The van der Waals surface area contributed by atoms with Crippen molar-refractivity contribution in [2.75, 3.05) is 11.1 Å². The number of amides is 1. The predicted octanol–water partition coefficient (Wildman–Crippen LogP) is 4.80. The number of halogens is 1. The number of hydrogen-bond acceptors (Lipinski definition) is 2. The second-order valence-corrected chi connectivity index (χ2v) is 6.03. The number of nitrogens with two attached hydrogens (primary N) is 1. The largest absolute Gasteiger partial charge is 0.398 e. The average Bonchev–Trinajstić information content (AvgIpc) is 2.47. The van der Waals surface area contributed by atoms with Gasteiger partial charge in [-0.25, -0.2) is 0 Å². The number of nitrogen functional groups attached to an aromatic ring is 1. The number of carbonyl (C=O) groups is 1. The minimum absolute atomic E-state index is 0.198. The molecular weight excluding hydrogens is 328 g/mol. The Bertz CT molecular complexity index is 638. The number of anilines is 2. The van der Waals surface area contributed by atoms with E-state index < -0.39 is 0 Å². The number of benzene rings is 2. The van der Waals surface area contributed by atoms with E-state index in [4.69, 9.17) is 5.73 Å². The summed E-state index contributed by atoms with van der Waals surface area (Å²) in [6.07, 6.45) is 1.10. The Morgan fingerprint density at radius 2 is 1.90 bits per heavy atom. The minimum Gasteiger partial charge on any atom is -0.398 e. The second kappa shape index (κ2) is 6.76. The van der Waals surface area contributed by atoms with E-state index in [0.29, 0.717) is 17.2 Å². The number of nitrogens with one attached hydrogen (secondary N) is 1. The first-order valence-corrected chi connectivity index (χ1v) is 7.77. The number of rotatable bonds is 4. The summed E-state index contributed by atoms with van der Waals surface area (Å²) < 4.78 is 0.856. The first kappa shape index (κ1) is 15.6. The molecule has 110 valence electrons. The van der Waals surface area contributed by atoms with Gasteiger partial charge in [0.1, 0.15) is 0 Å². The van der Waals surface area contributed by atoms with Crippen LogP contribution in [0.5, 0.6) is 0 Å². The smallest absolute Gasteiger partial charge is 0.257 e. The predicted molar refractivity (Wildman–Crippen MR) is 91.7 cm³/mol. The molecule has 0 aliphatic carbocycles. The molecule has 0 spiro atoms. The third-order valence-corrected chi connectivity index (χ3v) is 4.10. The molecule has 0 fully saturated rings. The Labute approximate surface area is 133 Å². The van der Waals surface area contributed by atoms with Crippen LogP contribution in [0.15, 0.2) is 46.9 Å². The molecule has 2 aromatic carbocycles. The maximum atomic E-state index is 12.2. The Kier molecular flexibility index (Phi) is 5.02. The van der Waals surface area contributed by atoms with Gasteiger partial charge >= 0.3 is 0 Å². The van der Waals surface area contributed by atoms with Gasteiger partial charge in [0.2, 0.25) is 0 Å². The van der Waals surface area contributed by atoms with Crippen LogP contribution in [0.2, 0.25) is 0 Å². The van der Waals surface area contributed by atoms with Crippen LogP contribution in [0.4, 0.5) is 11.4 Å². The lowest BCUT2D eigenvalue weighted by Crippen LogP contribution is -2.14. The Balaban J connectivity index is 2.12. The van der Waals surface area contributed by atoms with Crippen molar-refractivity contribution in [2.24, 2.45) is 0 Å². The van der Waals surface area contributed by atoms with Gasteiger partial charge in [-0.3, -0.25) is 4.79 Å². The highest BCUT2D eigenvalue weighted by molar-refractivity contribution is 9.10. The first-order chi connectivity index (χ1) is 10.0. The lowest BCUT2D eigenvalue weighted by atomic mass is 9.98. The third-order valence-electron chi connectivity index (χ3n) is 3.61. The van der Waals surface area contributed by atoms with Crippen molar-refractivity contribution < 1.29 is 4.79 Å². The van der Waals surface area contributed by atoms with Gasteiger partial charge in [0.05, 0.1) is 5.56 Å². The number of carbonyl (C=O) groups excluding carboxylic acids is 1. The molecule has 3 N–H and O–H groups in total. The van der Waals surface area contributed by atoms with Crippen LogP contribution in [0.3, 0.4) is 0 Å². The highest BCUT2D eigenvalue weighted by Crippen LogP contribution is 2.22. The highest BCUT2D eigenvalue weighted by Gasteiger charge is 2.10. The molecule has 0 heterocycles. The van der Waals surface area contributed by atoms with Gasteiger partial charge in [-0.2, -0.15) is 0 Å². The standard InChI is InChI=1S/C17H19BrN2O/c1-3-11(2)12-4-7-14(8-5-12)20-17(21)15-9-6-13(18)10-16(15)19/h4-11H,3,19H2,1-2H3,(H,20,21). The summed E-state index contributed by atoms with van der Waals surface area (Å²) in [5, 5.41) is 2.87. The van der Waals surface area contributed by atoms with Crippen LogP contribution in [-0.2, 0) is 0 Å².